The Kier molecular flexibility index (Phi) is 3.47. The van der Waals surface area contributed by atoms with Gasteiger partial charge in [-0.15, -0.1) is 11.8 Å². The first-order valence-corrected chi connectivity index (χ1v) is 7.75. The van der Waals surface area contributed by atoms with Crippen LogP contribution in [0.5, 0.6) is 11.5 Å². The Morgan fingerprint density at radius 1 is 1.47 bits per heavy atom. The Bertz CT molecular complexity index is 630. The molecule has 0 aliphatic carbocycles. The number of benzene rings is 1. The number of hydrogen-bond acceptors (Lipinski definition) is 6. The van der Waals surface area contributed by atoms with E-state index >= 15 is 0 Å². The third kappa shape index (κ3) is 2.61. The predicted octanol–water partition coefficient (Wildman–Crippen LogP) is 3.71. The van der Waals surface area contributed by atoms with Crippen LogP contribution >= 0.6 is 34.7 Å². The number of thiazole rings is 1. The van der Waals surface area contributed by atoms with E-state index < -0.39 is 0 Å². The first-order valence-electron chi connectivity index (χ1n) is 5.57. The van der Waals surface area contributed by atoms with Crippen LogP contribution in [0.2, 0.25) is 5.02 Å². The van der Waals surface area contributed by atoms with Crippen LogP contribution in [0, 0.1) is 6.92 Å². The molecule has 0 unspecified atom stereocenters. The fourth-order valence-electron chi connectivity index (χ4n) is 1.79. The summed E-state index contributed by atoms with van der Waals surface area (Å²) < 4.78 is 11.8. The molecular formula is C12H11ClN2O2S2. The summed E-state index contributed by atoms with van der Waals surface area (Å²) in [6, 6.07) is 3.86. The van der Waals surface area contributed by atoms with Gasteiger partial charge in [-0.25, -0.2) is 4.98 Å². The van der Waals surface area contributed by atoms with Crippen LogP contribution in [0.1, 0.15) is 11.3 Å². The maximum absolute atomic E-state index is 6.15. The zero-order chi connectivity index (χ0) is 13.4. The SMILES string of the molecule is Cc1nc(N)sc1SCc1cc(Cl)c2c(c1)OCO2. The monoisotopic (exact) mass is 314 g/mol. The number of anilines is 1. The fraction of sp³-hybridized carbons (Fsp3) is 0.250. The van der Waals surface area contributed by atoms with E-state index in [1.54, 1.807) is 11.8 Å². The van der Waals surface area contributed by atoms with Crippen LogP contribution in [0.4, 0.5) is 5.13 Å². The molecule has 2 aromatic rings. The Labute approximate surface area is 123 Å². The molecule has 1 aromatic carbocycles. The van der Waals surface area contributed by atoms with Gasteiger partial charge in [-0.05, 0) is 24.6 Å². The second-order valence-corrected chi connectivity index (χ2v) is 6.71. The maximum Gasteiger partial charge on any atom is 0.231 e. The van der Waals surface area contributed by atoms with Crippen LogP contribution in [-0.4, -0.2) is 11.8 Å². The number of aryl methyl sites for hydroxylation is 1. The summed E-state index contributed by atoms with van der Waals surface area (Å²) in [6.45, 7) is 2.19. The van der Waals surface area contributed by atoms with E-state index in [4.69, 9.17) is 26.8 Å². The molecule has 2 heterocycles. The van der Waals surface area contributed by atoms with Crippen molar-refractivity contribution in [2.24, 2.45) is 0 Å². The van der Waals surface area contributed by atoms with Gasteiger partial charge in [0.1, 0.15) is 0 Å². The molecule has 19 heavy (non-hydrogen) atoms. The van der Waals surface area contributed by atoms with Gasteiger partial charge in [0.2, 0.25) is 6.79 Å². The van der Waals surface area contributed by atoms with Crippen LogP contribution in [0.25, 0.3) is 0 Å². The number of thioether (sulfide) groups is 1. The lowest BCUT2D eigenvalue weighted by atomic mass is 10.2. The first-order chi connectivity index (χ1) is 9.13. The number of nitrogens with two attached hydrogens (primary N) is 1. The van der Waals surface area contributed by atoms with E-state index in [-0.39, 0.29) is 6.79 Å². The molecule has 1 aliphatic heterocycles. The van der Waals surface area contributed by atoms with Gasteiger partial charge >= 0.3 is 0 Å². The van der Waals surface area contributed by atoms with E-state index in [0.717, 1.165) is 21.2 Å². The van der Waals surface area contributed by atoms with Crippen molar-refractivity contribution in [2.45, 2.75) is 16.9 Å². The molecule has 0 saturated carbocycles. The molecule has 0 amide bonds. The quantitative estimate of drug-likeness (QED) is 0.875. The van der Waals surface area contributed by atoms with Crippen molar-refractivity contribution < 1.29 is 9.47 Å². The molecule has 0 spiro atoms. The van der Waals surface area contributed by atoms with Crippen molar-refractivity contribution in [1.82, 2.24) is 4.98 Å². The second-order valence-electron chi connectivity index (χ2n) is 4.03. The van der Waals surface area contributed by atoms with Crippen LogP contribution in [0.15, 0.2) is 16.3 Å². The molecule has 7 heteroatoms. The standard InChI is InChI=1S/C12H11ClN2O2S2/c1-6-11(19-12(14)15-6)18-4-7-2-8(13)10-9(3-7)16-5-17-10/h2-3H,4-5H2,1H3,(H2,14,15). The van der Waals surface area contributed by atoms with Crippen LogP contribution in [0.3, 0.4) is 0 Å². The second kappa shape index (κ2) is 5.11. The molecule has 3 rings (SSSR count). The summed E-state index contributed by atoms with van der Waals surface area (Å²) in [6.07, 6.45) is 0. The number of nitrogen functional groups attached to an aromatic ring is 1. The molecule has 0 saturated heterocycles. The predicted molar refractivity (Wildman–Crippen MR) is 78.4 cm³/mol. The van der Waals surface area contributed by atoms with Gasteiger partial charge in [0.15, 0.2) is 16.6 Å². The third-order valence-electron chi connectivity index (χ3n) is 2.63. The summed E-state index contributed by atoms with van der Waals surface area (Å²) in [4.78, 5) is 4.20. The average Bonchev–Trinajstić information content (AvgIpc) is 2.93. The van der Waals surface area contributed by atoms with Crippen LogP contribution in [-0.2, 0) is 5.75 Å². The van der Waals surface area contributed by atoms with Gasteiger partial charge in [-0.2, -0.15) is 0 Å². The van der Waals surface area contributed by atoms with Crippen molar-refractivity contribution in [3.63, 3.8) is 0 Å². The van der Waals surface area contributed by atoms with Crippen molar-refractivity contribution in [1.29, 1.82) is 0 Å². The van der Waals surface area contributed by atoms with E-state index in [9.17, 15) is 0 Å². The summed E-state index contributed by atoms with van der Waals surface area (Å²) in [7, 11) is 0. The lowest BCUT2D eigenvalue weighted by Crippen LogP contribution is -1.93. The smallest absolute Gasteiger partial charge is 0.231 e. The molecule has 2 N–H and O–H groups in total. The Morgan fingerprint density at radius 3 is 3.05 bits per heavy atom. The molecule has 0 atom stereocenters. The number of halogens is 1. The average molecular weight is 315 g/mol. The lowest BCUT2D eigenvalue weighted by molar-refractivity contribution is 0.174. The largest absolute Gasteiger partial charge is 0.454 e. The minimum atomic E-state index is 0.232. The minimum Gasteiger partial charge on any atom is -0.454 e. The molecule has 0 radical (unpaired) electrons. The number of hydrogen-bond donors (Lipinski definition) is 1. The van der Waals surface area contributed by atoms with Gasteiger partial charge in [-0.1, -0.05) is 22.9 Å². The molecule has 100 valence electrons. The topological polar surface area (TPSA) is 57.4 Å². The van der Waals surface area contributed by atoms with Gasteiger partial charge < -0.3 is 15.2 Å². The van der Waals surface area contributed by atoms with Gasteiger partial charge in [0.25, 0.3) is 0 Å². The molecule has 1 aromatic heterocycles. The number of aromatic nitrogens is 1. The van der Waals surface area contributed by atoms with E-state index in [0.29, 0.717) is 21.7 Å². The number of fused-ring (bicyclic) bond motifs is 1. The zero-order valence-electron chi connectivity index (χ0n) is 10.1. The molecule has 0 bridgehead atoms. The highest BCUT2D eigenvalue weighted by Gasteiger charge is 2.18. The van der Waals surface area contributed by atoms with Crippen LogP contribution < -0.4 is 15.2 Å². The minimum absolute atomic E-state index is 0.232. The van der Waals surface area contributed by atoms with E-state index in [1.165, 1.54) is 11.3 Å². The number of nitrogens with zero attached hydrogens (tertiary/aromatic N) is 1. The van der Waals surface area contributed by atoms with Gasteiger partial charge in [-0.3, -0.25) is 0 Å². The summed E-state index contributed by atoms with van der Waals surface area (Å²) in [5, 5.41) is 1.19. The molecule has 1 aliphatic rings. The van der Waals surface area contributed by atoms with Gasteiger partial charge in [0, 0.05) is 5.75 Å². The lowest BCUT2D eigenvalue weighted by Gasteiger charge is -2.04. The highest BCUT2D eigenvalue weighted by Crippen LogP contribution is 2.41. The van der Waals surface area contributed by atoms with Crippen molar-refractivity contribution in [2.75, 3.05) is 12.5 Å². The van der Waals surface area contributed by atoms with Crippen molar-refractivity contribution in [3.8, 4) is 11.5 Å². The summed E-state index contributed by atoms with van der Waals surface area (Å²) in [5.41, 5.74) is 7.74. The number of rotatable bonds is 3. The molecule has 0 fully saturated rings. The first kappa shape index (κ1) is 12.9. The van der Waals surface area contributed by atoms with Crippen molar-refractivity contribution in [3.05, 3.63) is 28.4 Å². The van der Waals surface area contributed by atoms with Gasteiger partial charge in [0.05, 0.1) is 14.9 Å². The molecular weight excluding hydrogens is 304 g/mol. The third-order valence-corrected chi connectivity index (χ3v) is 5.33. The normalized spacial score (nSPS) is 12.9. The fourth-order valence-corrected chi connectivity index (χ4v) is 4.03. The number of ether oxygens (including phenoxy) is 2. The highest BCUT2D eigenvalue weighted by atomic mass is 35.5. The van der Waals surface area contributed by atoms with Crippen molar-refractivity contribution >= 4 is 39.8 Å². The van der Waals surface area contributed by atoms with E-state index in [2.05, 4.69) is 4.98 Å². The van der Waals surface area contributed by atoms with E-state index in [1.807, 2.05) is 19.1 Å². The Morgan fingerprint density at radius 2 is 2.32 bits per heavy atom. The Hall–Kier alpha value is -1.11. The summed E-state index contributed by atoms with van der Waals surface area (Å²) >= 11 is 9.35. The highest BCUT2D eigenvalue weighted by molar-refractivity contribution is 8.00. The maximum atomic E-state index is 6.15. The zero-order valence-corrected chi connectivity index (χ0v) is 12.5. The Balaban J connectivity index is 1.77. The summed E-state index contributed by atoms with van der Waals surface area (Å²) in [5.74, 6) is 2.14. The molecule has 4 nitrogen and oxygen atoms in total.